The van der Waals surface area contributed by atoms with Crippen LogP contribution in [0.1, 0.15) is 6.92 Å². The molecule has 0 unspecified atom stereocenters. The van der Waals surface area contributed by atoms with Crippen molar-refractivity contribution in [2.45, 2.75) is 19.2 Å². The Hall–Kier alpha value is -0.640. The lowest BCUT2D eigenvalue weighted by molar-refractivity contribution is -0.147. The Morgan fingerprint density at radius 3 is 2.80 bits per heavy atom. The van der Waals surface area contributed by atoms with E-state index in [2.05, 4.69) is 10.1 Å². The Labute approximate surface area is 58.5 Å². The number of halogens is 1. The second-order valence-corrected chi connectivity index (χ2v) is 2.32. The van der Waals surface area contributed by atoms with Crippen LogP contribution in [-0.4, -0.2) is 31.3 Å². The number of hydrogen-bond donors (Lipinski definition) is 1. The number of carbonyl (C=O) groups excluding carboxylic acids is 1. The predicted molar refractivity (Wildman–Crippen MR) is 33.3 cm³/mol. The maximum atomic E-state index is 12.6. The molecule has 58 valence electrons. The van der Waals surface area contributed by atoms with E-state index >= 15 is 0 Å². The van der Waals surface area contributed by atoms with Crippen molar-refractivity contribution in [3.63, 3.8) is 0 Å². The Morgan fingerprint density at radius 1 is 1.70 bits per heavy atom. The maximum Gasteiger partial charge on any atom is 0.303 e. The maximum absolute atomic E-state index is 12.6. The first-order valence-corrected chi connectivity index (χ1v) is 3.22. The molecule has 0 radical (unpaired) electrons. The van der Waals surface area contributed by atoms with Gasteiger partial charge in [-0.1, -0.05) is 0 Å². The van der Waals surface area contributed by atoms with Crippen LogP contribution in [0.5, 0.6) is 0 Å². The molecule has 0 aliphatic carbocycles. The van der Waals surface area contributed by atoms with E-state index in [-0.39, 0.29) is 6.54 Å². The monoisotopic (exact) mass is 147 g/mol. The molecule has 4 heteroatoms. The highest BCUT2D eigenvalue weighted by Gasteiger charge is 2.28. The van der Waals surface area contributed by atoms with Gasteiger partial charge < -0.3 is 10.1 Å². The minimum absolute atomic E-state index is 0.290. The van der Waals surface area contributed by atoms with Crippen molar-refractivity contribution in [3.05, 3.63) is 0 Å². The second-order valence-electron chi connectivity index (χ2n) is 2.32. The van der Waals surface area contributed by atoms with Gasteiger partial charge in [-0.25, -0.2) is 4.39 Å². The fourth-order valence-corrected chi connectivity index (χ4v) is 0.951. The molecule has 0 saturated carbocycles. The van der Waals surface area contributed by atoms with Gasteiger partial charge in [0.1, 0.15) is 6.10 Å². The van der Waals surface area contributed by atoms with Crippen molar-refractivity contribution in [3.8, 4) is 0 Å². The van der Waals surface area contributed by atoms with Crippen molar-refractivity contribution < 1.29 is 13.9 Å². The minimum atomic E-state index is -1.04. The first-order valence-electron chi connectivity index (χ1n) is 3.22. The first kappa shape index (κ1) is 7.47. The Balaban J connectivity index is 2.33. The van der Waals surface area contributed by atoms with Gasteiger partial charge in [-0.15, -0.1) is 0 Å². The normalized spacial score (nSPS) is 32.2. The highest BCUT2D eigenvalue weighted by atomic mass is 19.1. The Morgan fingerprint density at radius 2 is 2.40 bits per heavy atom. The number of alkyl halides is 1. The predicted octanol–water partition coefficient (Wildman–Crippen LogP) is -0.141. The molecule has 0 spiro atoms. The summed E-state index contributed by atoms with van der Waals surface area (Å²) in [7, 11) is 0. The molecule has 3 nitrogen and oxygen atoms in total. The molecule has 1 aliphatic heterocycles. The van der Waals surface area contributed by atoms with Crippen LogP contribution < -0.4 is 5.32 Å². The largest absolute Gasteiger partial charge is 0.458 e. The van der Waals surface area contributed by atoms with Crippen molar-refractivity contribution in [1.29, 1.82) is 0 Å². The third-order valence-corrected chi connectivity index (χ3v) is 1.41. The van der Waals surface area contributed by atoms with Crippen LogP contribution in [0.25, 0.3) is 0 Å². The summed E-state index contributed by atoms with van der Waals surface area (Å²) in [6.07, 6.45) is -1.61. The van der Waals surface area contributed by atoms with E-state index in [0.29, 0.717) is 6.54 Å². The fourth-order valence-electron chi connectivity index (χ4n) is 0.951. The quantitative estimate of drug-likeness (QED) is 0.524. The average Bonchev–Trinajstić information content (AvgIpc) is 2.15. The highest BCUT2D eigenvalue weighted by molar-refractivity contribution is 5.66. The molecule has 10 heavy (non-hydrogen) atoms. The van der Waals surface area contributed by atoms with Crippen LogP contribution in [0.4, 0.5) is 4.39 Å². The SMILES string of the molecule is CC(=O)O[C@H]1CNC[C@H]1F. The third kappa shape index (κ3) is 1.67. The fraction of sp³-hybridized carbons (Fsp3) is 0.833. The third-order valence-electron chi connectivity index (χ3n) is 1.41. The molecule has 1 rings (SSSR count). The molecule has 1 fully saturated rings. The van der Waals surface area contributed by atoms with Gasteiger partial charge in [0.05, 0.1) is 0 Å². The summed E-state index contributed by atoms with van der Waals surface area (Å²) in [6.45, 7) is 2.00. The molecule has 0 amide bonds. The van der Waals surface area contributed by atoms with Gasteiger partial charge in [0, 0.05) is 20.0 Å². The van der Waals surface area contributed by atoms with E-state index in [0.717, 1.165) is 0 Å². The summed E-state index contributed by atoms with van der Waals surface area (Å²) in [5.41, 5.74) is 0. The zero-order chi connectivity index (χ0) is 7.56. The lowest BCUT2D eigenvalue weighted by Gasteiger charge is -2.10. The Bertz CT molecular complexity index is 140. The van der Waals surface area contributed by atoms with Crippen molar-refractivity contribution >= 4 is 5.97 Å². The van der Waals surface area contributed by atoms with Crippen LogP contribution in [0.3, 0.4) is 0 Å². The minimum Gasteiger partial charge on any atom is -0.458 e. The molecule has 1 N–H and O–H groups in total. The summed E-state index contributed by atoms with van der Waals surface area (Å²) in [5, 5.41) is 2.78. The van der Waals surface area contributed by atoms with E-state index in [1.54, 1.807) is 0 Å². The van der Waals surface area contributed by atoms with Crippen LogP contribution in [0, 0.1) is 0 Å². The molecule has 0 aromatic carbocycles. The summed E-state index contributed by atoms with van der Waals surface area (Å²) < 4.78 is 17.3. The first-order chi connectivity index (χ1) is 4.70. The van der Waals surface area contributed by atoms with Crippen LogP contribution in [0.2, 0.25) is 0 Å². The average molecular weight is 147 g/mol. The van der Waals surface area contributed by atoms with Crippen LogP contribution in [-0.2, 0) is 9.53 Å². The molecule has 1 saturated heterocycles. The molecular weight excluding hydrogens is 137 g/mol. The summed E-state index contributed by atoms with van der Waals surface area (Å²) in [4.78, 5) is 10.3. The highest BCUT2D eigenvalue weighted by Crippen LogP contribution is 2.08. The second kappa shape index (κ2) is 2.96. The van der Waals surface area contributed by atoms with Gasteiger partial charge in [-0.05, 0) is 0 Å². The van der Waals surface area contributed by atoms with Crippen LogP contribution in [0.15, 0.2) is 0 Å². The molecule has 1 aliphatic rings. The van der Waals surface area contributed by atoms with Gasteiger partial charge in [-0.2, -0.15) is 0 Å². The van der Waals surface area contributed by atoms with E-state index in [1.807, 2.05) is 0 Å². The topological polar surface area (TPSA) is 38.3 Å². The number of hydrogen-bond acceptors (Lipinski definition) is 3. The van der Waals surface area contributed by atoms with E-state index in [4.69, 9.17) is 0 Å². The molecule has 0 aromatic rings. The van der Waals surface area contributed by atoms with Gasteiger partial charge in [0.25, 0.3) is 0 Å². The van der Waals surface area contributed by atoms with Gasteiger partial charge in [0.15, 0.2) is 6.17 Å². The smallest absolute Gasteiger partial charge is 0.303 e. The Kier molecular flexibility index (Phi) is 2.21. The number of rotatable bonds is 1. The van der Waals surface area contributed by atoms with Gasteiger partial charge in [0.2, 0.25) is 0 Å². The van der Waals surface area contributed by atoms with Crippen molar-refractivity contribution in [1.82, 2.24) is 5.32 Å². The molecular formula is C6H10FNO2. The summed E-state index contributed by atoms with van der Waals surface area (Å²) in [5.74, 6) is -0.420. The van der Waals surface area contributed by atoms with Gasteiger partial charge >= 0.3 is 5.97 Å². The number of carbonyl (C=O) groups is 1. The lowest BCUT2D eigenvalue weighted by atomic mass is 10.3. The number of ether oxygens (including phenoxy) is 1. The van der Waals surface area contributed by atoms with E-state index in [1.165, 1.54) is 6.92 Å². The number of nitrogens with one attached hydrogen (secondary N) is 1. The van der Waals surface area contributed by atoms with Crippen LogP contribution >= 0.6 is 0 Å². The lowest BCUT2D eigenvalue weighted by Crippen LogP contribution is -2.25. The molecule has 2 atom stereocenters. The summed E-state index contributed by atoms with van der Waals surface area (Å²) >= 11 is 0. The van der Waals surface area contributed by atoms with E-state index in [9.17, 15) is 9.18 Å². The van der Waals surface area contributed by atoms with Crippen molar-refractivity contribution in [2.24, 2.45) is 0 Å². The standard InChI is InChI=1S/C6H10FNO2/c1-4(9)10-6-3-8-2-5(6)7/h5-6,8H,2-3H2,1H3/t5-,6+/m1/s1. The zero-order valence-corrected chi connectivity index (χ0v) is 5.76. The molecule has 0 bridgehead atoms. The zero-order valence-electron chi connectivity index (χ0n) is 5.76. The van der Waals surface area contributed by atoms with Crippen molar-refractivity contribution in [2.75, 3.05) is 13.1 Å². The molecule has 0 aromatic heterocycles. The molecule has 1 heterocycles. The van der Waals surface area contributed by atoms with E-state index < -0.39 is 18.2 Å². The summed E-state index contributed by atoms with van der Waals surface area (Å²) in [6, 6.07) is 0. The number of esters is 1. The van der Waals surface area contributed by atoms with Gasteiger partial charge in [-0.3, -0.25) is 4.79 Å².